The molecular weight excluding hydrogens is 204 g/mol. The number of aliphatic hydroxyl groups excluding tert-OH is 1. The molecule has 0 radical (unpaired) electrons. The van der Waals surface area contributed by atoms with Crippen molar-refractivity contribution in [1.29, 1.82) is 0 Å². The van der Waals surface area contributed by atoms with Crippen molar-refractivity contribution in [1.82, 2.24) is 10.6 Å². The molecule has 4 heteroatoms. The Morgan fingerprint density at radius 3 is 2.75 bits per heavy atom. The predicted octanol–water partition coefficient (Wildman–Crippen LogP) is 0.403. The van der Waals surface area contributed by atoms with Gasteiger partial charge < -0.3 is 15.7 Å². The van der Waals surface area contributed by atoms with Crippen LogP contribution in [-0.2, 0) is 17.9 Å². The highest BCUT2D eigenvalue weighted by atomic mass is 16.3. The van der Waals surface area contributed by atoms with E-state index in [0.717, 1.165) is 11.1 Å². The van der Waals surface area contributed by atoms with E-state index >= 15 is 0 Å². The summed E-state index contributed by atoms with van der Waals surface area (Å²) in [5.41, 5.74) is 1.94. The Hall–Kier alpha value is -1.39. The minimum absolute atomic E-state index is 0.0293. The van der Waals surface area contributed by atoms with Crippen LogP contribution in [0, 0.1) is 0 Å². The molecule has 1 amide bonds. The van der Waals surface area contributed by atoms with Gasteiger partial charge in [-0.2, -0.15) is 0 Å². The van der Waals surface area contributed by atoms with Gasteiger partial charge in [0.1, 0.15) is 0 Å². The lowest BCUT2D eigenvalue weighted by molar-refractivity contribution is -0.122. The van der Waals surface area contributed by atoms with Crippen molar-refractivity contribution >= 4 is 5.91 Å². The second-order valence-corrected chi connectivity index (χ2v) is 3.69. The van der Waals surface area contributed by atoms with Crippen LogP contribution in [-0.4, -0.2) is 24.1 Å². The first-order valence-electron chi connectivity index (χ1n) is 5.31. The first-order valence-corrected chi connectivity index (χ1v) is 5.31. The molecule has 0 aliphatic rings. The molecule has 16 heavy (non-hydrogen) atoms. The number of carbonyl (C=O) groups is 1. The van der Waals surface area contributed by atoms with Gasteiger partial charge in [-0.25, -0.2) is 0 Å². The fourth-order valence-electron chi connectivity index (χ4n) is 1.42. The van der Waals surface area contributed by atoms with Gasteiger partial charge in [-0.15, -0.1) is 0 Å². The van der Waals surface area contributed by atoms with Crippen molar-refractivity contribution in [2.24, 2.45) is 0 Å². The van der Waals surface area contributed by atoms with E-state index in [4.69, 9.17) is 5.11 Å². The van der Waals surface area contributed by atoms with E-state index in [0.29, 0.717) is 6.54 Å². The normalized spacial score (nSPS) is 12.2. The molecule has 0 bridgehead atoms. The topological polar surface area (TPSA) is 61.4 Å². The lowest BCUT2D eigenvalue weighted by atomic mass is 10.1. The first kappa shape index (κ1) is 12.7. The van der Waals surface area contributed by atoms with Crippen molar-refractivity contribution in [2.45, 2.75) is 26.1 Å². The third-order valence-electron chi connectivity index (χ3n) is 2.43. The summed E-state index contributed by atoms with van der Waals surface area (Å²) in [6.45, 7) is 2.47. The third kappa shape index (κ3) is 3.64. The van der Waals surface area contributed by atoms with Crippen molar-refractivity contribution in [3.8, 4) is 0 Å². The van der Waals surface area contributed by atoms with E-state index in [2.05, 4.69) is 10.6 Å². The molecule has 0 saturated heterocycles. The lowest BCUT2D eigenvalue weighted by Gasteiger charge is -2.12. The highest BCUT2D eigenvalue weighted by molar-refractivity contribution is 5.80. The Balaban J connectivity index is 2.51. The zero-order valence-electron chi connectivity index (χ0n) is 9.66. The van der Waals surface area contributed by atoms with Gasteiger partial charge in [-0.1, -0.05) is 24.3 Å². The summed E-state index contributed by atoms with van der Waals surface area (Å²) in [6, 6.07) is 7.42. The molecule has 0 saturated carbocycles. The quantitative estimate of drug-likeness (QED) is 0.676. The van der Waals surface area contributed by atoms with Crippen LogP contribution < -0.4 is 10.6 Å². The number of benzene rings is 1. The van der Waals surface area contributed by atoms with E-state index in [1.54, 1.807) is 7.05 Å². The summed E-state index contributed by atoms with van der Waals surface area (Å²) in [4.78, 5) is 11.2. The van der Waals surface area contributed by atoms with Crippen molar-refractivity contribution in [3.05, 3.63) is 35.4 Å². The Kier molecular flexibility index (Phi) is 4.95. The monoisotopic (exact) mass is 222 g/mol. The van der Waals surface area contributed by atoms with Gasteiger partial charge in [-0.3, -0.25) is 4.79 Å². The maximum absolute atomic E-state index is 11.2. The SMILES string of the molecule is CNC(=O)C(C)NCc1cccc(CO)c1. The summed E-state index contributed by atoms with van der Waals surface area (Å²) in [7, 11) is 1.62. The second-order valence-electron chi connectivity index (χ2n) is 3.69. The van der Waals surface area contributed by atoms with Gasteiger partial charge in [-0.05, 0) is 18.1 Å². The third-order valence-corrected chi connectivity index (χ3v) is 2.43. The summed E-state index contributed by atoms with van der Waals surface area (Å²) in [6.07, 6.45) is 0. The second kappa shape index (κ2) is 6.25. The van der Waals surface area contributed by atoms with E-state index in [1.807, 2.05) is 31.2 Å². The molecule has 3 N–H and O–H groups in total. The Morgan fingerprint density at radius 1 is 1.44 bits per heavy atom. The van der Waals surface area contributed by atoms with Crippen LogP contribution in [0.15, 0.2) is 24.3 Å². The fourth-order valence-corrected chi connectivity index (χ4v) is 1.42. The minimum atomic E-state index is -0.220. The highest BCUT2D eigenvalue weighted by Crippen LogP contribution is 2.05. The van der Waals surface area contributed by atoms with Crippen molar-refractivity contribution < 1.29 is 9.90 Å². The number of likely N-dealkylation sites (N-methyl/N-ethyl adjacent to an activating group) is 1. The van der Waals surface area contributed by atoms with Crippen LogP contribution >= 0.6 is 0 Å². The van der Waals surface area contributed by atoms with E-state index in [-0.39, 0.29) is 18.6 Å². The van der Waals surface area contributed by atoms with Crippen molar-refractivity contribution in [3.63, 3.8) is 0 Å². The molecule has 1 aromatic carbocycles. The van der Waals surface area contributed by atoms with E-state index in [9.17, 15) is 4.79 Å². The lowest BCUT2D eigenvalue weighted by Crippen LogP contribution is -2.40. The molecule has 0 aliphatic carbocycles. The average Bonchev–Trinajstić information content (AvgIpc) is 2.35. The Bertz CT molecular complexity index is 353. The van der Waals surface area contributed by atoms with E-state index in [1.165, 1.54) is 0 Å². The smallest absolute Gasteiger partial charge is 0.236 e. The molecule has 88 valence electrons. The van der Waals surface area contributed by atoms with Gasteiger partial charge >= 0.3 is 0 Å². The van der Waals surface area contributed by atoms with Gasteiger partial charge in [0.25, 0.3) is 0 Å². The van der Waals surface area contributed by atoms with Gasteiger partial charge in [0, 0.05) is 13.6 Å². The van der Waals surface area contributed by atoms with Crippen LogP contribution in [0.4, 0.5) is 0 Å². The molecule has 1 unspecified atom stereocenters. The van der Waals surface area contributed by atoms with Gasteiger partial charge in [0.15, 0.2) is 0 Å². The highest BCUT2D eigenvalue weighted by Gasteiger charge is 2.09. The summed E-state index contributed by atoms with van der Waals surface area (Å²) in [5.74, 6) is -0.0293. The molecule has 1 rings (SSSR count). The molecule has 0 spiro atoms. The van der Waals surface area contributed by atoms with E-state index < -0.39 is 0 Å². The maximum Gasteiger partial charge on any atom is 0.236 e. The number of rotatable bonds is 5. The molecule has 1 atom stereocenters. The molecule has 0 aliphatic heterocycles. The number of carbonyl (C=O) groups excluding carboxylic acids is 1. The van der Waals surface area contributed by atoms with Crippen LogP contribution in [0.5, 0.6) is 0 Å². The number of nitrogens with one attached hydrogen (secondary N) is 2. The predicted molar refractivity (Wildman–Crippen MR) is 62.7 cm³/mol. The maximum atomic E-state index is 11.2. The molecule has 0 heterocycles. The summed E-state index contributed by atoms with van der Waals surface area (Å²) < 4.78 is 0. The molecule has 0 fully saturated rings. The zero-order chi connectivity index (χ0) is 12.0. The zero-order valence-corrected chi connectivity index (χ0v) is 9.66. The number of amides is 1. The fraction of sp³-hybridized carbons (Fsp3) is 0.417. The van der Waals surface area contributed by atoms with Crippen LogP contribution in [0.2, 0.25) is 0 Å². The molecule has 0 aromatic heterocycles. The standard InChI is InChI=1S/C12H18N2O2/c1-9(12(16)13-2)14-7-10-4-3-5-11(6-10)8-15/h3-6,9,14-15H,7-8H2,1-2H3,(H,13,16). The van der Waals surface area contributed by atoms with Crippen LogP contribution in [0.25, 0.3) is 0 Å². The Labute approximate surface area is 95.7 Å². The number of hydrogen-bond donors (Lipinski definition) is 3. The van der Waals surface area contributed by atoms with Gasteiger partial charge in [0.2, 0.25) is 5.91 Å². The first-order chi connectivity index (χ1) is 7.67. The van der Waals surface area contributed by atoms with Crippen LogP contribution in [0.3, 0.4) is 0 Å². The largest absolute Gasteiger partial charge is 0.392 e. The summed E-state index contributed by atoms with van der Waals surface area (Å²) in [5, 5.41) is 14.7. The van der Waals surface area contributed by atoms with Gasteiger partial charge in [0.05, 0.1) is 12.6 Å². The van der Waals surface area contributed by atoms with Crippen molar-refractivity contribution in [2.75, 3.05) is 7.05 Å². The minimum Gasteiger partial charge on any atom is -0.392 e. The number of aliphatic hydroxyl groups is 1. The molecule has 4 nitrogen and oxygen atoms in total. The number of hydrogen-bond acceptors (Lipinski definition) is 3. The Morgan fingerprint density at radius 2 is 2.12 bits per heavy atom. The summed E-state index contributed by atoms with van der Waals surface area (Å²) >= 11 is 0. The molecular formula is C12H18N2O2. The molecule has 1 aromatic rings. The van der Waals surface area contributed by atoms with Crippen LogP contribution in [0.1, 0.15) is 18.1 Å². The average molecular weight is 222 g/mol.